The van der Waals surface area contributed by atoms with Gasteiger partial charge in [-0.25, -0.2) is 0 Å². The van der Waals surface area contributed by atoms with E-state index < -0.39 is 0 Å². The number of thiocarbonyl (C=S) groups is 1. The molecule has 20 heavy (non-hydrogen) atoms. The van der Waals surface area contributed by atoms with Gasteiger partial charge in [-0.3, -0.25) is 0 Å². The maximum absolute atomic E-state index is 9.38. The van der Waals surface area contributed by atoms with Crippen LogP contribution in [0.25, 0.3) is 0 Å². The molecule has 1 aromatic carbocycles. The van der Waals surface area contributed by atoms with Gasteiger partial charge in [0, 0.05) is 25.3 Å². The minimum atomic E-state index is 0.625. The molecule has 0 radical (unpaired) electrons. The SMILES string of the molecule is CC.CC.COC.CSCC=O.S=Cc1ccccc1. The summed E-state index contributed by atoms with van der Waals surface area (Å²) in [6, 6.07) is 9.87. The molecule has 0 saturated heterocycles. The fourth-order valence-electron chi connectivity index (χ4n) is 0.600. The van der Waals surface area contributed by atoms with E-state index in [0.29, 0.717) is 5.75 Å². The second kappa shape index (κ2) is 36.2. The average molecular weight is 319 g/mol. The van der Waals surface area contributed by atoms with E-state index in [0.717, 1.165) is 11.8 Å². The summed E-state index contributed by atoms with van der Waals surface area (Å²) in [4.78, 5) is 9.38. The molecule has 0 aliphatic rings. The van der Waals surface area contributed by atoms with Crippen molar-refractivity contribution in [3.63, 3.8) is 0 Å². The van der Waals surface area contributed by atoms with Crippen LogP contribution in [-0.4, -0.2) is 37.9 Å². The predicted octanol–water partition coefficient (Wildman–Crippen LogP) is 4.90. The molecule has 4 heteroatoms. The molecule has 0 aliphatic heterocycles. The molecule has 0 bridgehead atoms. The largest absolute Gasteiger partial charge is 0.388 e. The van der Waals surface area contributed by atoms with Gasteiger partial charge in [0.25, 0.3) is 0 Å². The topological polar surface area (TPSA) is 26.3 Å². The predicted molar refractivity (Wildman–Crippen MR) is 99.3 cm³/mol. The van der Waals surface area contributed by atoms with Crippen molar-refractivity contribution in [2.24, 2.45) is 0 Å². The molecule has 1 rings (SSSR count). The van der Waals surface area contributed by atoms with Gasteiger partial charge in [0.2, 0.25) is 0 Å². The summed E-state index contributed by atoms with van der Waals surface area (Å²) in [5, 5.41) is 1.67. The number of ether oxygens (including phenoxy) is 1. The van der Waals surface area contributed by atoms with Crippen LogP contribution in [0.5, 0.6) is 0 Å². The molecular formula is C16H30O2S2. The Balaban J connectivity index is -0.0000000930. The van der Waals surface area contributed by atoms with Crippen LogP contribution in [0, 0.1) is 0 Å². The zero-order chi connectivity index (χ0) is 16.6. The van der Waals surface area contributed by atoms with Crippen molar-refractivity contribution in [1.82, 2.24) is 0 Å². The summed E-state index contributed by atoms with van der Waals surface area (Å²) in [5.74, 6) is 0.625. The average Bonchev–Trinajstić information content (AvgIpc) is 2.54. The summed E-state index contributed by atoms with van der Waals surface area (Å²) < 4.78 is 4.25. The normalized spacial score (nSPS) is 6.75. The molecule has 0 fully saturated rings. The summed E-state index contributed by atoms with van der Waals surface area (Å²) in [6.45, 7) is 8.00. The number of methoxy groups -OCH3 is 1. The lowest BCUT2D eigenvalue weighted by Gasteiger charge is -1.84. The van der Waals surface area contributed by atoms with Crippen molar-refractivity contribution in [2.75, 3.05) is 26.2 Å². The lowest BCUT2D eigenvalue weighted by Crippen LogP contribution is -1.71. The number of rotatable bonds is 3. The quantitative estimate of drug-likeness (QED) is 0.585. The van der Waals surface area contributed by atoms with Gasteiger partial charge in [-0.2, -0.15) is 11.8 Å². The molecule has 1 aromatic rings. The standard InChI is InChI=1S/C7H6S.C3H6OS.C2H6O.2C2H6/c8-6-7-4-2-1-3-5-7;1-5-3-2-4;1-3-2;2*1-2/h1-6H;2H,3H2,1H3;1-2H3;2*1-2H3. The van der Waals surface area contributed by atoms with Crippen molar-refractivity contribution < 1.29 is 9.53 Å². The van der Waals surface area contributed by atoms with Crippen molar-refractivity contribution in [3.8, 4) is 0 Å². The second-order valence-electron chi connectivity index (χ2n) is 2.56. The van der Waals surface area contributed by atoms with Gasteiger partial charge in [-0.05, 0) is 11.8 Å². The molecule has 0 atom stereocenters. The van der Waals surface area contributed by atoms with Gasteiger partial charge in [-0.1, -0.05) is 70.2 Å². The van der Waals surface area contributed by atoms with E-state index in [1.807, 2.05) is 64.3 Å². The Bertz CT molecular complexity index is 252. The van der Waals surface area contributed by atoms with Crippen LogP contribution in [0.15, 0.2) is 30.3 Å². The van der Waals surface area contributed by atoms with E-state index in [-0.39, 0.29) is 0 Å². The van der Waals surface area contributed by atoms with Gasteiger partial charge < -0.3 is 9.53 Å². The van der Waals surface area contributed by atoms with Gasteiger partial charge >= 0.3 is 0 Å². The van der Waals surface area contributed by atoms with Gasteiger partial charge in [0.1, 0.15) is 6.29 Å². The maximum Gasteiger partial charge on any atom is 0.129 e. The number of carbonyl (C=O) groups is 1. The molecule has 0 N–H and O–H groups in total. The lowest BCUT2D eigenvalue weighted by atomic mass is 10.2. The lowest BCUT2D eigenvalue weighted by molar-refractivity contribution is -0.105. The third kappa shape index (κ3) is 36.0. The van der Waals surface area contributed by atoms with Crippen molar-refractivity contribution in [3.05, 3.63) is 35.9 Å². The third-order valence-corrected chi connectivity index (χ3v) is 1.91. The van der Waals surface area contributed by atoms with Crippen molar-refractivity contribution in [2.45, 2.75) is 27.7 Å². The smallest absolute Gasteiger partial charge is 0.129 e. The summed E-state index contributed by atoms with van der Waals surface area (Å²) in [5.41, 5.74) is 1.10. The first-order valence-corrected chi connectivity index (χ1v) is 8.46. The Morgan fingerprint density at radius 2 is 1.50 bits per heavy atom. The van der Waals surface area contributed by atoms with E-state index >= 15 is 0 Å². The first-order valence-electron chi connectivity index (χ1n) is 6.59. The summed E-state index contributed by atoms with van der Waals surface area (Å²) in [6.07, 6.45) is 2.79. The Labute approximate surface area is 135 Å². The van der Waals surface area contributed by atoms with Crippen LogP contribution in [-0.2, 0) is 9.53 Å². The van der Waals surface area contributed by atoms with E-state index in [9.17, 15) is 4.79 Å². The van der Waals surface area contributed by atoms with Crippen LogP contribution in [0.3, 0.4) is 0 Å². The van der Waals surface area contributed by atoms with E-state index in [4.69, 9.17) is 12.2 Å². The number of hydrogen-bond acceptors (Lipinski definition) is 4. The fourth-order valence-corrected chi connectivity index (χ4v) is 0.893. The highest BCUT2D eigenvalue weighted by molar-refractivity contribution is 7.99. The number of aldehydes is 1. The molecule has 2 nitrogen and oxygen atoms in total. The fraction of sp³-hybridized carbons (Fsp3) is 0.500. The molecule has 0 unspecified atom stereocenters. The monoisotopic (exact) mass is 318 g/mol. The molecule has 0 aliphatic carbocycles. The Kier molecular flexibility index (Phi) is 50.0. The third-order valence-electron chi connectivity index (χ3n) is 1.17. The summed E-state index contributed by atoms with van der Waals surface area (Å²) >= 11 is 6.23. The number of thioether (sulfide) groups is 1. The highest BCUT2D eigenvalue weighted by Gasteiger charge is 1.77. The van der Waals surface area contributed by atoms with Crippen LogP contribution in [0.4, 0.5) is 0 Å². The molecule has 0 amide bonds. The second-order valence-corrected chi connectivity index (χ2v) is 3.71. The minimum absolute atomic E-state index is 0.625. The van der Waals surface area contributed by atoms with Crippen LogP contribution >= 0.6 is 24.0 Å². The minimum Gasteiger partial charge on any atom is -0.388 e. The molecule has 0 heterocycles. The molecule has 118 valence electrons. The first kappa shape index (κ1) is 27.6. The van der Waals surface area contributed by atoms with Gasteiger partial charge in [0.15, 0.2) is 0 Å². The van der Waals surface area contributed by atoms with Gasteiger partial charge in [0.05, 0.1) is 0 Å². The van der Waals surface area contributed by atoms with Gasteiger partial charge in [-0.15, -0.1) is 0 Å². The van der Waals surface area contributed by atoms with E-state index in [2.05, 4.69) is 4.74 Å². The van der Waals surface area contributed by atoms with Crippen LogP contribution < -0.4 is 0 Å². The highest BCUT2D eigenvalue weighted by atomic mass is 32.2. The maximum atomic E-state index is 9.38. The number of benzene rings is 1. The molecule has 0 aromatic heterocycles. The first-order chi connectivity index (χ1) is 9.76. The van der Waals surface area contributed by atoms with Crippen LogP contribution in [0.2, 0.25) is 0 Å². The van der Waals surface area contributed by atoms with Crippen LogP contribution in [0.1, 0.15) is 33.3 Å². The Morgan fingerprint density at radius 1 is 1.10 bits per heavy atom. The van der Waals surface area contributed by atoms with Crippen molar-refractivity contribution >= 4 is 35.6 Å². The Hall–Kier alpha value is -0.710. The summed E-state index contributed by atoms with van der Waals surface area (Å²) in [7, 11) is 3.25. The molecule has 0 spiro atoms. The van der Waals surface area contributed by atoms with E-state index in [1.54, 1.807) is 19.6 Å². The highest BCUT2D eigenvalue weighted by Crippen LogP contribution is 1.92. The zero-order valence-corrected chi connectivity index (χ0v) is 15.5. The van der Waals surface area contributed by atoms with E-state index in [1.165, 1.54) is 11.8 Å². The number of hydrogen-bond donors (Lipinski definition) is 0. The molecule has 0 saturated carbocycles. The molecular weight excluding hydrogens is 288 g/mol. The zero-order valence-electron chi connectivity index (χ0n) is 13.9. The number of carbonyl (C=O) groups excluding carboxylic acids is 1. The van der Waals surface area contributed by atoms with Crippen molar-refractivity contribution in [1.29, 1.82) is 0 Å². The Morgan fingerprint density at radius 3 is 1.65 bits per heavy atom.